The fraction of sp³-hybridized carbons (Fsp3) is 0.323. The first kappa shape index (κ1) is 30.2. The van der Waals surface area contributed by atoms with Gasteiger partial charge in [-0.25, -0.2) is 9.78 Å². The smallest absolute Gasteiger partial charge is 0.411 e. The van der Waals surface area contributed by atoms with Crippen LogP contribution >= 0.6 is 0 Å². The maximum atomic E-state index is 13.1. The first-order valence-electron chi connectivity index (χ1n) is 12.9. The van der Waals surface area contributed by atoms with E-state index in [4.69, 9.17) is 9.47 Å². The molecule has 1 aromatic carbocycles. The van der Waals surface area contributed by atoms with Gasteiger partial charge in [0.2, 0.25) is 0 Å². The molecule has 0 unspecified atom stereocenters. The number of fused-ring (bicyclic) bond motifs is 1. The molecule has 0 saturated carbocycles. The van der Waals surface area contributed by atoms with Gasteiger partial charge in [-0.15, -0.1) is 0 Å². The molecule has 2 N–H and O–H groups in total. The Balaban J connectivity index is 2.02. The van der Waals surface area contributed by atoms with Crippen LogP contribution in [0.2, 0.25) is 0 Å². The number of methoxy groups -OCH3 is 1. The van der Waals surface area contributed by atoms with Crippen molar-refractivity contribution in [3.8, 4) is 11.1 Å². The molecular formula is C31H39N5O4. The Bertz CT molecular complexity index is 1460. The molecule has 0 fully saturated rings. The van der Waals surface area contributed by atoms with Crippen LogP contribution in [0.25, 0.3) is 27.7 Å². The molecule has 0 bridgehead atoms. The van der Waals surface area contributed by atoms with E-state index in [0.717, 1.165) is 27.6 Å². The molecule has 0 aliphatic carbocycles. The van der Waals surface area contributed by atoms with Gasteiger partial charge < -0.3 is 24.3 Å². The molecule has 9 nitrogen and oxygen atoms in total. The molecule has 0 aliphatic heterocycles. The third kappa shape index (κ3) is 6.60. The summed E-state index contributed by atoms with van der Waals surface area (Å²) in [5.74, 6) is 0.456. The number of aromatic nitrogens is 2. The van der Waals surface area contributed by atoms with Crippen molar-refractivity contribution in [1.29, 1.82) is 0 Å². The molecule has 9 heteroatoms. The molecule has 3 aromatic rings. The maximum Gasteiger partial charge on any atom is 0.411 e. The van der Waals surface area contributed by atoms with E-state index in [9.17, 15) is 9.59 Å². The van der Waals surface area contributed by atoms with Crippen LogP contribution < -0.4 is 5.32 Å². The van der Waals surface area contributed by atoms with Gasteiger partial charge in [-0.3, -0.25) is 10.1 Å². The highest BCUT2D eigenvalue weighted by Gasteiger charge is 2.24. The summed E-state index contributed by atoms with van der Waals surface area (Å²) >= 11 is 0. The number of carbonyl (C=O) groups excluding carboxylic acids is 2. The van der Waals surface area contributed by atoms with Crippen molar-refractivity contribution in [1.82, 2.24) is 19.8 Å². The molecule has 212 valence electrons. The van der Waals surface area contributed by atoms with E-state index in [1.54, 1.807) is 45.6 Å². The number of benzene rings is 1. The Morgan fingerprint density at radius 3 is 2.45 bits per heavy atom. The summed E-state index contributed by atoms with van der Waals surface area (Å²) in [5, 5.41) is 3.63. The Hall–Kier alpha value is -4.37. The van der Waals surface area contributed by atoms with E-state index >= 15 is 0 Å². The largest absolute Gasteiger partial charge is 0.496 e. The molecule has 40 heavy (non-hydrogen) atoms. The Kier molecular flexibility index (Phi) is 9.55. The van der Waals surface area contributed by atoms with Crippen molar-refractivity contribution in [3.05, 3.63) is 78.4 Å². The standard InChI is InChI=1S/C31H39N5O4/c1-10-12-22(27(11-2)39-9)25-18-33-28-23(25)16-21(17-32-28)20-13-14-26(24(15-20)29(37)35(5)6)34-30(38)40-19-31(3,4)36(7)8/h10-18H,1,19H2,2-9H3,(H,32,33)(H,34,38)/b22-12-,27-11+. The van der Waals surface area contributed by atoms with E-state index in [2.05, 4.69) is 21.9 Å². The average molecular weight is 546 g/mol. The summed E-state index contributed by atoms with van der Waals surface area (Å²) in [4.78, 5) is 37.0. The Labute approximate surface area is 236 Å². The van der Waals surface area contributed by atoms with E-state index < -0.39 is 6.09 Å². The molecule has 0 atom stereocenters. The van der Waals surface area contributed by atoms with Crippen LogP contribution in [0, 0.1) is 0 Å². The predicted molar refractivity (Wildman–Crippen MR) is 161 cm³/mol. The summed E-state index contributed by atoms with van der Waals surface area (Å²) in [7, 11) is 8.80. The molecule has 2 aromatic heterocycles. The van der Waals surface area contributed by atoms with Gasteiger partial charge in [-0.2, -0.15) is 0 Å². The van der Waals surface area contributed by atoms with Crippen molar-refractivity contribution in [2.75, 3.05) is 47.2 Å². The lowest BCUT2D eigenvalue weighted by molar-refractivity contribution is 0.0775. The number of anilines is 1. The number of carbonyl (C=O) groups is 2. The summed E-state index contributed by atoms with van der Waals surface area (Å²) in [6.07, 6.45) is 8.50. The number of pyridine rings is 1. The minimum Gasteiger partial charge on any atom is -0.496 e. The van der Waals surface area contributed by atoms with Gasteiger partial charge in [0.05, 0.1) is 18.4 Å². The number of amides is 2. The summed E-state index contributed by atoms with van der Waals surface area (Å²) in [6.45, 7) is 9.89. The van der Waals surface area contributed by atoms with E-state index in [1.165, 1.54) is 4.90 Å². The van der Waals surface area contributed by atoms with Gasteiger partial charge in [0.1, 0.15) is 18.0 Å². The molecule has 0 aliphatic rings. The lowest BCUT2D eigenvalue weighted by atomic mass is 9.99. The molecule has 2 amide bonds. The summed E-state index contributed by atoms with van der Waals surface area (Å²) in [6, 6.07) is 7.31. The number of ether oxygens (including phenoxy) is 2. The number of likely N-dealkylation sites (N-methyl/N-ethyl adjacent to an activating group) is 1. The lowest BCUT2D eigenvalue weighted by Crippen LogP contribution is -2.43. The van der Waals surface area contributed by atoms with Crippen LogP contribution in [0.4, 0.5) is 10.5 Å². The minimum absolute atomic E-state index is 0.186. The average Bonchev–Trinajstić information content (AvgIpc) is 3.34. The van der Waals surface area contributed by atoms with E-state index in [-0.39, 0.29) is 18.1 Å². The molecule has 0 saturated heterocycles. The third-order valence-electron chi connectivity index (χ3n) is 6.85. The highest BCUT2D eigenvalue weighted by molar-refractivity contribution is 6.04. The van der Waals surface area contributed by atoms with Gasteiger partial charge in [0, 0.05) is 54.1 Å². The number of hydrogen-bond donors (Lipinski definition) is 2. The minimum atomic E-state index is -0.630. The number of allylic oxidation sites excluding steroid dienone is 4. The fourth-order valence-electron chi connectivity index (χ4n) is 3.96. The first-order chi connectivity index (χ1) is 18.9. The third-order valence-corrected chi connectivity index (χ3v) is 6.85. The number of rotatable bonds is 10. The predicted octanol–water partition coefficient (Wildman–Crippen LogP) is 5.94. The second-order valence-electron chi connectivity index (χ2n) is 10.4. The SMILES string of the molecule is C=C/C=C(\C(=C/C)OC)c1c[nH]c2ncc(-c3ccc(NC(=O)OCC(C)(C)N(C)C)c(C(=O)N(C)C)c3)cc12. The van der Waals surface area contributed by atoms with Crippen LogP contribution in [0.1, 0.15) is 36.7 Å². The number of aromatic amines is 1. The highest BCUT2D eigenvalue weighted by atomic mass is 16.5. The number of nitrogens with one attached hydrogen (secondary N) is 2. The molecule has 0 radical (unpaired) electrons. The van der Waals surface area contributed by atoms with Crippen molar-refractivity contribution in [2.45, 2.75) is 26.3 Å². The summed E-state index contributed by atoms with van der Waals surface area (Å²) in [5.41, 5.74) is 4.42. The zero-order valence-corrected chi connectivity index (χ0v) is 24.6. The van der Waals surface area contributed by atoms with Crippen molar-refractivity contribution in [3.63, 3.8) is 0 Å². The maximum absolute atomic E-state index is 13.1. The van der Waals surface area contributed by atoms with Crippen LogP contribution in [-0.4, -0.2) is 79.2 Å². The second kappa shape index (κ2) is 12.7. The molecule has 3 rings (SSSR count). The van der Waals surface area contributed by atoms with E-state index in [1.807, 2.05) is 70.2 Å². The van der Waals surface area contributed by atoms with Crippen LogP contribution in [0.15, 0.2) is 67.2 Å². The zero-order valence-electron chi connectivity index (χ0n) is 24.6. The quantitative estimate of drug-likeness (QED) is 0.242. The zero-order chi connectivity index (χ0) is 29.6. The van der Waals surface area contributed by atoms with Gasteiger partial charge in [0.25, 0.3) is 5.91 Å². The number of H-pyrrole nitrogens is 1. The monoisotopic (exact) mass is 545 g/mol. The van der Waals surface area contributed by atoms with Crippen molar-refractivity contribution < 1.29 is 19.1 Å². The topological polar surface area (TPSA) is 99.8 Å². The van der Waals surface area contributed by atoms with Crippen LogP contribution in [-0.2, 0) is 9.47 Å². The Morgan fingerprint density at radius 2 is 1.85 bits per heavy atom. The molecule has 2 heterocycles. The van der Waals surface area contributed by atoms with Crippen LogP contribution in [0.5, 0.6) is 0 Å². The van der Waals surface area contributed by atoms with Crippen molar-refractivity contribution >= 4 is 34.3 Å². The van der Waals surface area contributed by atoms with Gasteiger partial charge in [-0.1, -0.05) is 24.8 Å². The lowest BCUT2D eigenvalue weighted by Gasteiger charge is -2.31. The fourth-order valence-corrected chi connectivity index (χ4v) is 3.96. The number of hydrogen-bond acceptors (Lipinski definition) is 6. The normalized spacial score (nSPS) is 12.4. The van der Waals surface area contributed by atoms with E-state index in [0.29, 0.717) is 22.7 Å². The summed E-state index contributed by atoms with van der Waals surface area (Å²) < 4.78 is 11.0. The first-order valence-corrected chi connectivity index (χ1v) is 12.9. The van der Waals surface area contributed by atoms with Gasteiger partial charge >= 0.3 is 6.09 Å². The van der Waals surface area contributed by atoms with Gasteiger partial charge in [-0.05, 0) is 64.7 Å². The second-order valence-corrected chi connectivity index (χ2v) is 10.4. The molecule has 0 spiro atoms. The van der Waals surface area contributed by atoms with Crippen LogP contribution in [0.3, 0.4) is 0 Å². The Morgan fingerprint density at radius 1 is 1.12 bits per heavy atom. The van der Waals surface area contributed by atoms with Gasteiger partial charge in [0.15, 0.2) is 0 Å². The van der Waals surface area contributed by atoms with Crippen molar-refractivity contribution in [2.24, 2.45) is 0 Å². The number of nitrogens with zero attached hydrogens (tertiary/aromatic N) is 3. The highest BCUT2D eigenvalue weighted by Crippen LogP contribution is 2.33. The molecular weight excluding hydrogens is 506 g/mol.